The van der Waals surface area contributed by atoms with E-state index in [1.165, 1.54) is 12.1 Å². The van der Waals surface area contributed by atoms with Crippen molar-refractivity contribution in [1.82, 2.24) is 9.97 Å². The lowest BCUT2D eigenvalue weighted by Gasteiger charge is -2.15. The third-order valence-electron chi connectivity index (χ3n) is 4.07. The third-order valence-corrected chi connectivity index (χ3v) is 4.07. The van der Waals surface area contributed by atoms with E-state index in [2.05, 4.69) is 15.3 Å². The Bertz CT molecular complexity index is 1060. The van der Waals surface area contributed by atoms with Gasteiger partial charge in [0.2, 0.25) is 11.8 Å². The van der Waals surface area contributed by atoms with Crippen LogP contribution in [0.2, 0.25) is 0 Å². The monoisotopic (exact) mass is 398 g/mol. The Morgan fingerprint density at radius 3 is 2.14 bits per heavy atom. The Hall–Kier alpha value is -3.60. The molecule has 148 valence electrons. The van der Waals surface area contributed by atoms with E-state index in [0.29, 0.717) is 17.0 Å². The van der Waals surface area contributed by atoms with E-state index >= 15 is 0 Å². The van der Waals surface area contributed by atoms with Gasteiger partial charge in [0.25, 0.3) is 0 Å². The topological polar surface area (TPSA) is 70.8 Å². The number of hydrogen-bond donors (Lipinski definition) is 1. The lowest BCUT2D eigenvalue weighted by Crippen LogP contribution is -2.11. The van der Waals surface area contributed by atoms with Crippen LogP contribution < -0.4 is 10.1 Å². The van der Waals surface area contributed by atoms with E-state index in [1.54, 1.807) is 12.1 Å². The summed E-state index contributed by atoms with van der Waals surface area (Å²) in [5, 5.41) is 11.6. The summed E-state index contributed by atoms with van der Waals surface area (Å²) >= 11 is 0. The Morgan fingerprint density at radius 2 is 1.59 bits per heavy atom. The van der Waals surface area contributed by atoms with Gasteiger partial charge in [0.1, 0.15) is 5.75 Å². The van der Waals surface area contributed by atoms with Gasteiger partial charge in [-0.2, -0.15) is 23.4 Å². The zero-order chi connectivity index (χ0) is 21.2. The van der Waals surface area contributed by atoms with Crippen LogP contribution in [0.1, 0.15) is 27.9 Å². The molecule has 0 amide bonds. The zero-order valence-electron chi connectivity index (χ0n) is 15.9. The largest absolute Gasteiger partial charge is 0.438 e. The van der Waals surface area contributed by atoms with Gasteiger partial charge in [0.15, 0.2) is 5.69 Å². The van der Waals surface area contributed by atoms with Crippen molar-refractivity contribution in [1.29, 1.82) is 5.26 Å². The van der Waals surface area contributed by atoms with Gasteiger partial charge in [0.05, 0.1) is 11.6 Å². The summed E-state index contributed by atoms with van der Waals surface area (Å²) in [7, 11) is 0. The zero-order valence-corrected chi connectivity index (χ0v) is 15.9. The van der Waals surface area contributed by atoms with Crippen LogP contribution in [-0.4, -0.2) is 9.97 Å². The average Bonchev–Trinajstić information content (AvgIpc) is 2.64. The molecule has 1 heterocycles. The molecule has 3 aromatic rings. The Kier molecular flexibility index (Phi) is 5.41. The summed E-state index contributed by atoms with van der Waals surface area (Å²) in [4.78, 5) is 7.63. The predicted molar refractivity (Wildman–Crippen MR) is 102 cm³/mol. The number of alkyl halides is 3. The number of aromatic nitrogens is 2. The van der Waals surface area contributed by atoms with Crippen LogP contribution >= 0.6 is 0 Å². The molecular weight excluding hydrogens is 381 g/mol. The molecule has 0 saturated carbocycles. The first-order valence-corrected chi connectivity index (χ1v) is 8.65. The number of nitrogens with one attached hydrogen (secondary N) is 1. The normalized spacial score (nSPS) is 11.1. The molecule has 5 nitrogen and oxygen atoms in total. The maximum absolute atomic E-state index is 13.3. The second kappa shape index (κ2) is 7.80. The van der Waals surface area contributed by atoms with Gasteiger partial charge in [-0.25, -0.2) is 4.98 Å². The molecule has 0 spiro atoms. The molecule has 1 N–H and O–H groups in total. The highest BCUT2D eigenvalue weighted by atomic mass is 19.4. The number of nitrogens with zero attached hydrogens (tertiary/aromatic N) is 3. The number of anilines is 2. The summed E-state index contributed by atoms with van der Waals surface area (Å²) in [6, 6.07) is 12.7. The van der Waals surface area contributed by atoms with E-state index in [9.17, 15) is 13.2 Å². The minimum Gasteiger partial charge on any atom is -0.438 e. The van der Waals surface area contributed by atoms with Crippen molar-refractivity contribution in [3.05, 3.63) is 70.4 Å². The fourth-order valence-corrected chi connectivity index (χ4v) is 2.87. The van der Waals surface area contributed by atoms with E-state index in [4.69, 9.17) is 10.00 Å². The van der Waals surface area contributed by atoms with Crippen molar-refractivity contribution in [2.24, 2.45) is 0 Å². The molecule has 8 heteroatoms. The highest BCUT2D eigenvalue weighted by Gasteiger charge is 2.34. The minimum atomic E-state index is -4.67. The van der Waals surface area contributed by atoms with Crippen molar-refractivity contribution < 1.29 is 17.9 Å². The quantitative estimate of drug-likeness (QED) is 0.599. The van der Waals surface area contributed by atoms with Crippen LogP contribution in [0.5, 0.6) is 11.6 Å². The molecule has 3 rings (SSSR count). The first-order valence-electron chi connectivity index (χ1n) is 8.65. The molecule has 0 radical (unpaired) electrons. The van der Waals surface area contributed by atoms with Gasteiger partial charge in [-0.05, 0) is 56.2 Å². The Balaban J connectivity index is 1.99. The number of benzene rings is 2. The third kappa shape index (κ3) is 4.82. The van der Waals surface area contributed by atoms with Gasteiger partial charge in [0, 0.05) is 11.8 Å². The first-order chi connectivity index (χ1) is 13.7. The van der Waals surface area contributed by atoms with Crippen LogP contribution in [0.4, 0.5) is 24.8 Å². The molecule has 0 aliphatic rings. The average molecular weight is 398 g/mol. The lowest BCUT2D eigenvalue weighted by molar-refractivity contribution is -0.141. The summed E-state index contributed by atoms with van der Waals surface area (Å²) < 4.78 is 45.7. The highest BCUT2D eigenvalue weighted by molar-refractivity contribution is 5.55. The molecule has 0 saturated heterocycles. The highest BCUT2D eigenvalue weighted by Crippen LogP contribution is 2.34. The molecule has 0 atom stereocenters. The van der Waals surface area contributed by atoms with Gasteiger partial charge in [-0.15, -0.1) is 0 Å². The number of hydrogen-bond acceptors (Lipinski definition) is 5. The summed E-state index contributed by atoms with van der Waals surface area (Å²) in [6.07, 6.45) is -4.67. The van der Waals surface area contributed by atoms with Gasteiger partial charge in [-0.1, -0.05) is 17.7 Å². The van der Waals surface area contributed by atoms with Crippen LogP contribution in [0, 0.1) is 32.1 Å². The van der Waals surface area contributed by atoms with E-state index < -0.39 is 11.9 Å². The molecule has 0 bridgehead atoms. The van der Waals surface area contributed by atoms with Gasteiger partial charge >= 0.3 is 6.18 Å². The van der Waals surface area contributed by atoms with Crippen molar-refractivity contribution in [3.63, 3.8) is 0 Å². The van der Waals surface area contributed by atoms with Crippen LogP contribution in [0.15, 0.2) is 42.5 Å². The van der Waals surface area contributed by atoms with Crippen molar-refractivity contribution in [2.75, 3.05) is 5.32 Å². The Morgan fingerprint density at radius 1 is 0.966 bits per heavy atom. The van der Waals surface area contributed by atoms with Gasteiger partial charge in [-0.3, -0.25) is 0 Å². The standard InChI is InChI=1S/C21H17F3N4O/c1-12-8-13(2)19(14(3)9-12)29-18-10-17(21(22,23)24)27-20(28-18)26-16-6-4-15(11-25)5-7-16/h4-10H,1-3H3,(H,26,27,28). The Labute approximate surface area is 165 Å². The maximum Gasteiger partial charge on any atom is 0.433 e. The van der Waals surface area contributed by atoms with Crippen LogP contribution in [0.25, 0.3) is 0 Å². The van der Waals surface area contributed by atoms with Crippen molar-refractivity contribution >= 4 is 11.6 Å². The molecule has 2 aromatic carbocycles. The van der Waals surface area contributed by atoms with Crippen LogP contribution in [0.3, 0.4) is 0 Å². The van der Waals surface area contributed by atoms with Crippen molar-refractivity contribution in [2.45, 2.75) is 26.9 Å². The molecule has 29 heavy (non-hydrogen) atoms. The number of ether oxygens (including phenoxy) is 1. The minimum absolute atomic E-state index is 0.224. The number of nitriles is 1. The molecule has 0 aliphatic heterocycles. The van der Waals surface area contributed by atoms with E-state index in [-0.39, 0.29) is 11.8 Å². The van der Waals surface area contributed by atoms with E-state index in [0.717, 1.165) is 22.8 Å². The first kappa shape index (κ1) is 20.1. The number of halogens is 3. The maximum atomic E-state index is 13.3. The fourth-order valence-electron chi connectivity index (χ4n) is 2.87. The molecule has 0 unspecified atom stereocenters. The second-order valence-electron chi connectivity index (χ2n) is 6.56. The molecule has 1 aromatic heterocycles. The lowest BCUT2D eigenvalue weighted by atomic mass is 10.1. The number of aryl methyl sites for hydroxylation is 3. The van der Waals surface area contributed by atoms with Crippen LogP contribution in [-0.2, 0) is 6.18 Å². The predicted octanol–water partition coefficient (Wildman–Crippen LogP) is 5.83. The van der Waals surface area contributed by atoms with Crippen molar-refractivity contribution in [3.8, 4) is 17.7 Å². The summed E-state index contributed by atoms with van der Waals surface area (Å²) in [5.74, 6) is -0.0350. The van der Waals surface area contributed by atoms with Gasteiger partial charge < -0.3 is 10.1 Å². The second-order valence-corrected chi connectivity index (χ2v) is 6.56. The molecule has 0 aliphatic carbocycles. The van der Waals surface area contributed by atoms with E-state index in [1.807, 2.05) is 39.0 Å². The SMILES string of the molecule is Cc1cc(C)c(Oc2cc(C(F)(F)F)nc(Nc3ccc(C#N)cc3)n2)c(C)c1. The molecular formula is C21H17F3N4O. The molecule has 0 fully saturated rings. The number of rotatable bonds is 4. The smallest absolute Gasteiger partial charge is 0.433 e. The fraction of sp³-hybridized carbons (Fsp3) is 0.190. The summed E-state index contributed by atoms with van der Waals surface area (Å²) in [5.41, 5.74) is 2.34. The summed E-state index contributed by atoms with van der Waals surface area (Å²) in [6.45, 7) is 5.56.